The number of aromatic nitrogens is 1. The summed E-state index contributed by atoms with van der Waals surface area (Å²) in [5.41, 5.74) is 2.57. The topological polar surface area (TPSA) is 65.2 Å². The number of piperidine rings is 1. The molecule has 5 heteroatoms. The third-order valence-electron chi connectivity index (χ3n) is 5.64. The zero-order chi connectivity index (χ0) is 19.2. The Kier molecular flexibility index (Phi) is 6.67. The number of carbonyl (C=O) groups is 1. The van der Waals surface area contributed by atoms with Crippen molar-refractivity contribution < 1.29 is 4.79 Å². The van der Waals surface area contributed by atoms with Gasteiger partial charge in [0.05, 0.1) is 0 Å². The number of rotatable bonds is 7. The summed E-state index contributed by atoms with van der Waals surface area (Å²) in [6.45, 7) is 7.01. The molecule has 1 saturated heterocycles. The number of H-pyrrole nitrogens is 1. The molecule has 1 fully saturated rings. The minimum absolute atomic E-state index is 0.0174. The lowest BCUT2D eigenvalue weighted by atomic mass is 10.0. The van der Waals surface area contributed by atoms with Crippen LogP contribution in [0.5, 0.6) is 0 Å². The highest BCUT2D eigenvalue weighted by Gasteiger charge is 2.20. The molecule has 0 bridgehead atoms. The monoisotopic (exact) mass is 369 g/mol. The van der Waals surface area contributed by atoms with Crippen LogP contribution >= 0.6 is 0 Å². The van der Waals surface area contributed by atoms with Crippen LogP contribution in [0.2, 0.25) is 0 Å². The Morgan fingerprint density at radius 3 is 2.96 bits per heavy atom. The molecule has 1 aliphatic heterocycles. The normalized spacial score (nSPS) is 17.9. The number of aromatic amines is 1. The van der Waals surface area contributed by atoms with Crippen LogP contribution in [-0.4, -0.2) is 41.5 Å². The maximum atomic E-state index is 12.2. The van der Waals surface area contributed by atoms with Gasteiger partial charge in [0, 0.05) is 36.6 Å². The van der Waals surface area contributed by atoms with E-state index in [9.17, 15) is 9.59 Å². The Balaban J connectivity index is 1.49. The molecule has 146 valence electrons. The Morgan fingerprint density at radius 2 is 2.15 bits per heavy atom. The third-order valence-corrected chi connectivity index (χ3v) is 5.64. The minimum Gasteiger partial charge on any atom is -0.355 e. The third kappa shape index (κ3) is 5.19. The van der Waals surface area contributed by atoms with Gasteiger partial charge in [0.1, 0.15) is 0 Å². The lowest BCUT2D eigenvalue weighted by molar-refractivity contribution is -0.121. The number of nitrogens with one attached hydrogen (secondary N) is 2. The highest BCUT2D eigenvalue weighted by molar-refractivity contribution is 5.80. The van der Waals surface area contributed by atoms with Crippen molar-refractivity contribution in [2.75, 3.05) is 19.6 Å². The second-order valence-electron chi connectivity index (χ2n) is 7.66. The summed E-state index contributed by atoms with van der Waals surface area (Å²) < 4.78 is 0. The van der Waals surface area contributed by atoms with E-state index >= 15 is 0 Å². The highest BCUT2D eigenvalue weighted by Crippen LogP contribution is 2.18. The number of aryl methyl sites for hydroxylation is 2. The predicted molar refractivity (Wildman–Crippen MR) is 110 cm³/mol. The lowest BCUT2D eigenvalue weighted by Crippen LogP contribution is -2.43. The summed E-state index contributed by atoms with van der Waals surface area (Å²) in [5, 5.41) is 4.03. The quantitative estimate of drug-likeness (QED) is 0.788. The summed E-state index contributed by atoms with van der Waals surface area (Å²) in [6.07, 6.45) is 5.84. The van der Waals surface area contributed by atoms with Crippen LogP contribution in [0.25, 0.3) is 10.9 Å². The molecule has 2 aromatic rings. The minimum atomic E-state index is -0.0988. The Hall–Kier alpha value is -2.14. The van der Waals surface area contributed by atoms with Crippen LogP contribution in [-0.2, 0) is 11.2 Å². The van der Waals surface area contributed by atoms with Crippen molar-refractivity contribution in [3.8, 4) is 0 Å². The molecule has 1 aromatic heterocycles. The van der Waals surface area contributed by atoms with Gasteiger partial charge < -0.3 is 10.3 Å². The average molecular weight is 370 g/mol. The summed E-state index contributed by atoms with van der Waals surface area (Å²) >= 11 is 0. The molecule has 1 aliphatic rings. The van der Waals surface area contributed by atoms with Gasteiger partial charge in [-0.2, -0.15) is 0 Å². The van der Waals surface area contributed by atoms with Crippen molar-refractivity contribution in [3.05, 3.63) is 45.7 Å². The van der Waals surface area contributed by atoms with E-state index < -0.39 is 0 Å². The fourth-order valence-corrected chi connectivity index (χ4v) is 4.05. The summed E-state index contributed by atoms with van der Waals surface area (Å²) in [5.74, 6) is 0.0174. The molecule has 2 heterocycles. The molecular weight excluding hydrogens is 338 g/mol. The van der Waals surface area contributed by atoms with E-state index in [4.69, 9.17) is 0 Å². The molecule has 5 nitrogen and oxygen atoms in total. The lowest BCUT2D eigenvalue weighted by Gasteiger charge is -2.35. The van der Waals surface area contributed by atoms with Gasteiger partial charge in [-0.15, -0.1) is 0 Å². The molecule has 1 amide bonds. The fraction of sp³-hybridized carbons (Fsp3) is 0.545. The molecule has 1 aromatic carbocycles. The van der Waals surface area contributed by atoms with Gasteiger partial charge in [0.2, 0.25) is 5.91 Å². The molecule has 0 radical (unpaired) electrons. The van der Waals surface area contributed by atoms with Crippen LogP contribution in [0.15, 0.2) is 29.1 Å². The second-order valence-corrected chi connectivity index (χ2v) is 7.66. The number of nitrogens with zero attached hydrogens (tertiary/aromatic N) is 1. The van der Waals surface area contributed by atoms with E-state index in [1.807, 2.05) is 25.1 Å². The first-order valence-corrected chi connectivity index (χ1v) is 10.2. The van der Waals surface area contributed by atoms with E-state index in [0.717, 1.165) is 29.6 Å². The number of hydrogen-bond acceptors (Lipinski definition) is 3. The zero-order valence-corrected chi connectivity index (χ0v) is 16.5. The molecular formula is C22H31N3O2. The van der Waals surface area contributed by atoms with E-state index in [0.29, 0.717) is 31.0 Å². The second kappa shape index (κ2) is 9.18. The maximum absolute atomic E-state index is 12.2. The smallest absolute Gasteiger partial charge is 0.251 e. The predicted octanol–water partition coefficient (Wildman–Crippen LogP) is 3.15. The number of carbonyl (C=O) groups excluding carboxylic acids is 1. The Morgan fingerprint density at radius 1 is 1.30 bits per heavy atom. The molecule has 0 saturated carbocycles. The maximum Gasteiger partial charge on any atom is 0.251 e. The van der Waals surface area contributed by atoms with Gasteiger partial charge in [-0.25, -0.2) is 0 Å². The van der Waals surface area contributed by atoms with Gasteiger partial charge >= 0.3 is 0 Å². The number of likely N-dealkylation sites (tertiary alicyclic amines) is 1. The van der Waals surface area contributed by atoms with Crippen LogP contribution in [0.1, 0.15) is 50.2 Å². The van der Waals surface area contributed by atoms with Crippen LogP contribution in [0.3, 0.4) is 0 Å². The number of hydrogen-bond donors (Lipinski definition) is 2. The molecule has 0 aliphatic carbocycles. The van der Waals surface area contributed by atoms with E-state index in [2.05, 4.69) is 28.2 Å². The van der Waals surface area contributed by atoms with Crippen molar-refractivity contribution in [2.24, 2.45) is 0 Å². The van der Waals surface area contributed by atoms with Gasteiger partial charge in [-0.3, -0.25) is 14.5 Å². The van der Waals surface area contributed by atoms with Gasteiger partial charge in [0.15, 0.2) is 0 Å². The van der Waals surface area contributed by atoms with E-state index in [1.54, 1.807) is 0 Å². The summed E-state index contributed by atoms with van der Waals surface area (Å²) in [4.78, 5) is 29.8. The van der Waals surface area contributed by atoms with E-state index in [-0.39, 0.29) is 11.5 Å². The van der Waals surface area contributed by atoms with Gasteiger partial charge in [-0.05, 0) is 62.7 Å². The van der Waals surface area contributed by atoms with Gasteiger partial charge in [0.25, 0.3) is 5.56 Å². The Labute approximate surface area is 161 Å². The number of amides is 1. The summed E-state index contributed by atoms with van der Waals surface area (Å²) in [6, 6.07) is 8.53. The van der Waals surface area contributed by atoms with Crippen LogP contribution in [0.4, 0.5) is 0 Å². The Bertz CT molecular complexity index is 843. The van der Waals surface area contributed by atoms with Crippen molar-refractivity contribution in [1.29, 1.82) is 0 Å². The SMILES string of the molecule is CC[C@H]1CCCCN1CCNC(=O)CCc1cc2cc(C)ccc2[nH]c1=O. The number of benzene rings is 1. The standard InChI is InChI=1S/C22H31N3O2/c1-3-19-6-4-5-12-25(19)13-11-23-21(26)10-8-17-15-18-14-16(2)7-9-20(18)24-22(17)27/h7,9,14-15,19H,3-6,8,10-13H2,1-2H3,(H,23,26)(H,24,27)/t19-/m0/s1. The number of pyridine rings is 1. The molecule has 27 heavy (non-hydrogen) atoms. The van der Waals surface area contributed by atoms with Gasteiger partial charge in [-0.1, -0.05) is 25.0 Å². The molecule has 0 unspecified atom stereocenters. The highest BCUT2D eigenvalue weighted by atomic mass is 16.1. The first-order chi connectivity index (χ1) is 13.1. The first kappa shape index (κ1) is 19.6. The fourth-order valence-electron chi connectivity index (χ4n) is 4.05. The molecule has 2 N–H and O–H groups in total. The summed E-state index contributed by atoms with van der Waals surface area (Å²) in [7, 11) is 0. The van der Waals surface area contributed by atoms with Crippen LogP contribution in [0, 0.1) is 6.92 Å². The molecule has 0 spiro atoms. The average Bonchev–Trinajstić information content (AvgIpc) is 2.67. The largest absolute Gasteiger partial charge is 0.355 e. The molecule has 3 rings (SSSR count). The van der Waals surface area contributed by atoms with Crippen LogP contribution < -0.4 is 10.9 Å². The zero-order valence-electron chi connectivity index (χ0n) is 16.5. The molecule has 1 atom stereocenters. The number of fused-ring (bicyclic) bond motifs is 1. The van der Waals surface area contributed by atoms with E-state index in [1.165, 1.54) is 25.7 Å². The van der Waals surface area contributed by atoms with Crippen molar-refractivity contribution in [2.45, 2.75) is 58.4 Å². The van der Waals surface area contributed by atoms with Crippen molar-refractivity contribution in [3.63, 3.8) is 0 Å². The first-order valence-electron chi connectivity index (χ1n) is 10.2. The van der Waals surface area contributed by atoms with Crippen molar-refractivity contribution >= 4 is 16.8 Å². The van der Waals surface area contributed by atoms with Crippen molar-refractivity contribution in [1.82, 2.24) is 15.2 Å².